The number of hydrogen-bond donors (Lipinski definition) is 1. The summed E-state index contributed by atoms with van der Waals surface area (Å²) < 4.78 is 0. The van der Waals surface area contributed by atoms with E-state index in [-0.39, 0.29) is 17.9 Å². The molecule has 5 heteroatoms. The molecule has 1 aliphatic rings. The molecule has 1 atom stereocenters. The summed E-state index contributed by atoms with van der Waals surface area (Å²) in [5.41, 5.74) is 2.91. The molecule has 4 nitrogen and oxygen atoms in total. The van der Waals surface area contributed by atoms with Crippen LogP contribution in [0.25, 0.3) is 0 Å². The number of nitrogens with zero attached hydrogens (tertiary/aromatic N) is 1. The van der Waals surface area contributed by atoms with Crippen LogP contribution in [0.2, 0.25) is 5.02 Å². The van der Waals surface area contributed by atoms with Gasteiger partial charge in [0, 0.05) is 23.7 Å². The Morgan fingerprint density at radius 3 is 2.71 bits per heavy atom. The Morgan fingerprint density at radius 1 is 1.25 bits per heavy atom. The van der Waals surface area contributed by atoms with E-state index in [1.807, 2.05) is 43.3 Å². The van der Waals surface area contributed by atoms with Crippen LogP contribution in [0.1, 0.15) is 17.5 Å². The number of aryl methyl sites for hydroxylation is 1. The van der Waals surface area contributed by atoms with E-state index in [9.17, 15) is 9.59 Å². The van der Waals surface area contributed by atoms with E-state index in [0.717, 1.165) is 16.8 Å². The van der Waals surface area contributed by atoms with Gasteiger partial charge < -0.3 is 10.2 Å². The van der Waals surface area contributed by atoms with E-state index in [0.29, 0.717) is 24.4 Å². The fourth-order valence-electron chi connectivity index (χ4n) is 2.96. The number of amides is 2. The first kappa shape index (κ1) is 16.5. The van der Waals surface area contributed by atoms with Gasteiger partial charge in [-0.2, -0.15) is 0 Å². The highest BCUT2D eigenvalue weighted by atomic mass is 35.5. The molecule has 3 rings (SSSR count). The highest BCUT2D eigenvalue weighted by Crippen LogP contribution is 2.23. The Hall–Kier alpha value is -2.33. The molecule has 0 radical (unpaired) electrons. The monoisotopic (exact) mass is 342 g/mol. The van der Waals surface area contributed by atoms with Crippen LogP contribution in [0.4, 0.5) is 5.69 Å². The van der Waals surface area contributed by atoms with Crippen molar-refractivity contribution >= 4 is 29.1 Å². The minimum atomic E-state index is -0.162. The molecule has 2 aromatic carbocycles. The summed E-state index contributed by atoms with van der Waals surface area (Å²) >= 11 is 5.88. The van der Waals surface area contributed by atoms with Gasteiger partial charge in [0.25, 0.3) is 0 Å². The predicted octanol–water partition coefficient (Wildman–Crippen LogP) is 3.11. The minimum Gasteiger partial charge on any atom is -0.351 e. The third kappa shape index (κ3) is 3.95. The van der Waals surface area contributed by atoms with Crippen LogP contribution >= 0.6 is 11.6 Å². The van der Waals surface area contributed by atoms with Gasteiger partial charge >= 0.3 is 0 Å². The lowest BCUT2D eigenvalue weighted by molar-refractivity contribution is -0.121. The fourth-order valence-corrected chi connectivity index (χ4v) is 3.09. The highest BCUT2D eigenvalue weighted by molar-refractivity contribution is 6.30. The van der Waals surface area contributed by atoms with Crippen molar-refractivity contribution in [2.75, 3.05) is 11.4 Å². The molecule has 24 heavy (non-hydrogen) atoms. The molecule has 0 unspecified atom stereocenters. The van der Waals surface area contributed by atoms with Crippen molar-refractivity contribution in [2.24, 2.45) is 0 Å². The van der Waals surface area contributed by atoms with Crippen molar-refractivity contribution in [1.29, 1.82) is 0 Å². The van der Waals surface area contributed by atoms with Gasteiger partial charge in [-0.15, -0.1) is 0 Å². The van der Waals surface area contributed by atoms with Crippen molar-refractivity contribution in [3.63, 3.8) is 0 Å². The van der Waals surface area contributed by atoms with Gasteiger partial charge in [0.15, 0.2) is 0 Å². The molecule has 0 aliphatic carbocycles. The second-order valence-corrected chi connectivity index (χ2v) is 6.55. The maximum atomic E-state index is 12.2. The van der Waals surface area contributed by atoms with Gasteiger partial charge in [-0.25, -0.2) is 0 Å². The van der Waals surface area contributed by atoms with Gasteiger partial charge in [-0.05, 0) is 36.8 Å². The van der Waals surface area contributed by atoms with Crippen molar-refractivity contribution < 1.29 is 9.59 Å². The van der Waals surface area contributed by atoms with Crippen molar-refractivity contribution in [3.8, 4) is 0 Å². The lowest BCUT2D eigenvalue weighted by Crippen LogP contribution is -2.38. The normalized spacial score (nSPS) is 17.2. The van der Waals surface area contributed by atoms with Gasteiger partial charge in [0.05, 0.1) is 12.5 Å². The van der Waals surface area contributed by atoms with Gasteiger partial charge in [-0.3, -0.25) is 9.59 Å². The van der Waals surface area contributed by atoms with E-state index in [4.69, 9.17) is 11.6 Å². The summed E-state index contributed by atoms with van der Waals surface area (Å²) in [5.74, 6) is -0.0467. The molecule has 2 aromatic rings. The van der Waals surface area contributed by atoms with E-state index < -0.39 is 0 Å². The number of hydrogen-bond acceptors (Lipinski definition) is 2. The first-order valence-electron chi connectivity index (χ1n) is 7.92. The zero-order valence-electron chi connectivity index (χ0n) is 13.5. The first-order valence-corrected chi connectivity index (χ1v) is 8.30. The van der Waals surface area contributed by atoms with Crippen LogP contribution in [0.3, 0.4) is 0 Å². The predicted molar refractivity (Wildman–Crippen MR) is 95.2 cm³/mol. The summed E-state index contributed by atoms with van der Waals surface area (Å²) in [7, 11) is 0. The zero-order chi connectivity index (χ0) is 17.1. The van der Waals surface area contributed by atoms with Crippen LogP contribution in [-0.4, -0.2) is 24.4 Å². The molecule has 2 amide bonds. The number of nitrogens with one attached hydrogen (secondary N) is 1. The quantitative estimate of drug-likeness (QED) is 0.928. The van der Waals surface area contributed by atoms with E-state index in [2.05, 4.69) is 5.32 Å². The van der Waals surface area contributed by atoms with E-state index >= 15 is 0 Å². The minimum absolute atomic E-state index is 0.0122. The number of anilines is 1. The highest BCUT2D eigenvalue weighted by Gasteiger charge is 2.31. The van der Waals surface area contributed by atoms with Crippen LogP contribution in [0.15, 0.2) is 48.5 Å². The molecule has 1 N–H and O–H groups in total. The molecule has 0 aromatic heterocycles. The van der Waals surface area contributed by atoms with Gasteiger partial charge in [0.1, 0.15) is 0 Å². The topological polar surface area (TPSA) is 49.4 Å². The standard InChI is InChI=1S/C19H19ClN2O2/c1-13-3-2-4-14(9-13)10-18(23)21-16-11-19(24)22(12-16)17-7-5-15(20)6-8-17/h2-9,16H,10-12H2,1H3,(H,21,23)/t16-/m0/s1. The van der Waals surface area contributed by atoms with Gasteiger partial charge in [-0.1, -0.05) is 41.4 Å². The number of halogens is 1. The summed E-state index contributed by atoms with van der Waals surface area (Å²) in [4.78, 5) is 26.1. The smallest absolute Gasteiger partial charge is 0.229 e. The molecular weight excluding hydrogens is 324 g/mol. The Labute approximate surface area is 146 Å². The first-order chi connectivity index (χ1) is 11.5. The summed E-state index contributed by atoms with van der Waals surface area (Å²) in [5, 5.41) is 3.59. The third-order valence-electron chi connectivity index (χ3n) is 4.08. The molecule has 0 spiro atoms. The second kappa shape index (κ2) is 7.05. The van der Waals surface area contributed by atoms with Crippen LogP contribution in [0.5, 0.6) is 0 Å². The fraction of sp³-hybridized carbons (Fsp3) is 0.263. The van der Waals surface area contributed by atoms with Crippen molar-refractivity contribution in [3.05, 3.63) is 64.7 Å². The molecule has 0 saturated carbocycles. The molecule has 124 valence electrons. The lowest BCUT2D eigenvalue weighted by atomic mass is 10.1. The maximum absolute atomic E-state index is 12.2. The Bertz CT molecular complexity index is 758. The number of rotatable bonds is 4. The van der Waals surface area contributed by atoms with Gasteiger partial charge in [0.2, 0.25) is 11.8 Å². The van der Waals surface area contributed by atoms with Crippen LogP contribution < -0.4 is 10.2 Å². The third-order valence-corrected chi connectivity index (χ3v) is 4.33. The summed E-state index contributed by atoms with van der Waals surface area (Å²) in [6.45, 7) is 2.49. The van der Waals surface area contributed by atoms with Crippen LogP contribution in [0, 0.1) is 6.92 Å². The molecule has 1 aliphatic heterocycles. The summed E-state index contributed by atoms with van der Waals surface area (Å²) in [6, 6.07) is 14.9. The Balaban J connectivity index is 1.59. The SMILES string of the molecule is Cc1cccc(CC(=O)N[C@H]2CC(=O)N(c3ccc(Cl)cc3)C2)c1. The van der Waals surface area contributed by atoms with E-state index in [1.54, 1.807) is 17.0 Å². The Morgan fingerprint density at radius 2 is 2.00 bits per heavy atom. The molecule has 1 heterocycles. The lowest BCUT2D eigenvalue weighted by Gasteiger charge is -2.17. The average molecular weight is 343 g/mol. The number of benzene rings is 2. The van der Waals surface area contributed by atoms with E-state index in [1.165, 1.54) is 0 Å². The molecule has 1 saturated heterocycles. The zero-order valence-corrected chi connectivity index (χ0v) is 14.2. The number of carbonyl (C=O) groups is 2. The molecular formula is C19H19ClN2O2. The van der Waals surface area contributed by atoms with Crippen molar-refractivity contribution in [1.82, 2.24) is 5.32 Å². The second-order valence-electron chi connectivity index (χ2n) is 6.12. The summed E-state index contributed by atoms with van der Waals surface area (Å²) in [6.07, 6.45) is 0.648. The molecule has 0 bridgehead atoms. The number of carbonyl (C=O) groups excluding carboxylic acids is 2. The largest absolute Gasteiger partial charge is 0.351 e. The van der Waals surface area contributed by atoms with Crippen LogP contribution in [-0.2, 0) is 16.0 Å². The maximum Gasteiger partial charge on any atom is 0.229 e. The Kier molecular flexibility index (Phi) is 4.86. The molecule has 1 fully saturated rings. The van der Waals surface area contributed by atoms with Crippen molar-refractivity contribution in [2.45, 2.75) is 25.8 Å². The average Bonchev–Trinajstić information content (AvgIpc) is 2.88.